The zero-order chi connectivity index (χ0) is 28.8. The van der Waals surface area contributed by atoms with Crippen molar-refractivity contribution in [2.75, 3.05) is 0 Å². The molecule has 5 aromatic rings. The molecule has 5 aromatic carbocycles. The SMILES string of the molecule is C/C(=C\Cc1ccc2c(c1)Oc1c(ccc3c1C1C=CC=CC1C3(c1ccccc1)c1ccccc1)O2)c1ccccc1. The third kappa shape index (κ3) is 4.09. The van der Waals surface area contributed by atoms with Crippen molar-refractivity contribution in [1.29, 1.82) is 0 Å². The van der Waals surface area contributed by atoms with Crippen LogP contribution in [0.2, 0.25) is 0 Å². The zero-order valence-corrected chi connectivity index (χ0v) is 24.1. The molecule has 0 bridgehead atoms. The van der Waals surface area contributed by atoms with Crippen molar-refractivity contribution in [3.63, 3.8) is 0 Å². The highest BCUT2D eigenvalue weighted by Gasteiger charge is 2.54. The van der Waals surface area contributed by atoms with Gasteiger partial charge in [0.05, 0.1) is 5.41 Å². The van der Waals surface area contributed by atoms with E-state index in [1.807, 2.05) is 6.07 Å². The fourth-order valence-corrected chi connectivity index (χ4v) is 7.34. The van der Waals surface area contributed by atoms with Gasteiger partial charge in [-0.1, -0.05) is 134 Å². The molecule has 0 radical (unpaired) electrons. The zero-order valence-electron chi connectivity index (χ0n) is 24.1. The van der Waals surface area contributed by atoms with Crippen molar-refractivity contribution in [2.45, 2.75) is 24.7 Å². The minimum absolute atomic E-state index is 0.153. The van der Waals surface area contributed by atoms with Gasteiger partial charge in [-0.3, -0.25) is 0 Å². The highest BCUT2D eigenvalue weighted by Crippen LogP contribution is 2.64. The third-order valence-corrected chi connectivity index (χ3v) is 9.32. The number of hydrogen-bond donors (Lipinski definition) is 0. The molecule has 1 aliphatic heterocycles. The lowest BCUT2D eigenvalue weighted by molar-refractivity contribution is 0.354. The van der Waals surface area contributed by atoms with Crippen molar-refractivity contribution in [1.82, 2.24) is 0 Å². The molecule has 2 aliphatic carbocycles. The number of ether oxygens (including phenoxy) is 2. The predicted octanol–water partition coefficient (Wildman–Crippen LogP) is 10.4. The number of rotatable bonds is 5. The number of benzene rings is 5. The van der Waals surface area contributed by atoms with Crippen LogP contribution in [0.25, 0.3) is 5.57 Å². The lowest BCUT2D eigenvalue weighted by Crippen LogP contribution is -2.34. The maximum atomic E-state index is 6.86. The predicted molar refractivity (Wildman–Crippen MR) is 174 cm³/mol. The summed E-state index contributed by atoms with van der Waals surface area (Å²) in [5.74, 6) is 3.49. The molecule has 0 N–H and O–H groups in total. The van der Waals surface area contributed by atoms with Gasteiger partial charge in [0, 0.05) is 17.4 Å². The molecule has 3 aliphatic rings. The van der Waals surface area contributed by atoms with Crippen LogP contribution in [0, 0.1) is 5.92 Å². The van der Waals surface area contributed by atoms with Crippen LogP contribution in [-0.4, -0.2) is 0 Å². The van der Waals surface area contributed by atoms with E-state index in [4.69, 9.17) is 9.47 Å². The number of allylic oxidation sites excluding steroid dienone is 6. The minimum Gasteiger partial charge on any atom is -0.450 e. The van der Waals surface area contributed by atoms with Crippen LogP contribution >= 0.6 is 0 Å². The molecule has 0 aromatic heterocycles. The Labute approximate surface area is 253 Å². The number of fused-ring (bicyclic) bond motifs is 6. The molecule has 208 valence electrons. The van der Waals surface area contributed by atoms with Gasteiger partial charge in [-0.15, -0.1) is 0 Å². The van der Waals surface area contributed by atoms with E-state index >= 15 is 0 Å². The summed E-state index contributed by atoms with van der Waals surface area (Å²) in [6.07, 6.45) is 12.2. The first kappa shape index (κ1) is 25.6. The van der Waals surface area contributed by atoms with Crippen LogP contribution in [0.5, 0.6) is 23.0 Å². The molecular weight excluding hydrogens is 524 g/mol. The highest BCUT2D eigenvalue weighted by molar-refractivity contribution is 5.71. The Bertz CT molecular complexity index is 1860. The summed E-state index contributed by atoms with van der Waals surface area (Å²) in [6, 6.07) is 43.1. The molecule has 2 atom stereocenters. The van der Waals surface area contributed by atoms with Crippen molar-refractivity contribution in [3.05, 3.63) is 185 Å². The van der Waals surface area contributed by atoms with E-state index in [1.54, 1.807) is 0 Å². The summed E-state index contributed by atoms with van der Waals surface area (Å²) >= 11 is 0. The Balaban J connectivity index is 1.24. The Morgan fingerprint density at radius 2 is 1.33 bits per heavy atom. The van der Waals surface area contributed by atoms with Crippen LogP contribution in [-0.2, 0) is 11.8 Å². The Kier molecular flexibility index (Phi) is 6.15. The Morgan fingerprint density at radius 1 is 0.674 bits per heavy atom. The molecule has 2 unspecified atom stereocenters. The second-order valence-electron chi connectivity index (χ2n) is 11.7. The summed E-state index contributed by atoms with van der Waals surface area (Å²) in [5, 5.41) is 0. The molecule has 1 heterocycles. The molecule has 0 amide bonds. The first-order valence-corrected chi connectivity index (χ1v) is 15.1. The Hall–Kier alpha value is -5.08. The third-order valence-electron chi connectivity index (χ3n) is 9.32. The van der Waals surface area contributed by atoms with Gasteiger partial charge in [0.25, 0.3) is 0 Å². The van der Waals surface area contributed by atoms with E-state index in [-0.39, 0.29) is 17.3 Å². The van der Waals surface area contributed by atoms with Crippen molar-refractivity contribution >= 4 is 5.57 Å². The van der Waals surface area contributed by atoms with E-state index in [0.717, 1.165) is 29.4 Å². The van der Waals surface area contributed by atoms with Gasteiger partial charge in [-0.2, -0.15) is 0 Å². The minimum atomic E-state index is -0.357. The lowest BCUT2D eigenvalue weighted by Gasteiger charge is -2.38. The van der Waals surface area contributed by atoms with Gasteiger partial charge in [0.1, 0.15) is 0 Å². The van der Waals surface area contributed by atoms with Gasteiger partial charge >= 0.3 is 0 Å². The van der Waals surface area contributed by atoms with E-state index < -0.39 is 0 Å². The van der Waals surface area contributed by atoms with Crippen molar-refractivity contribution in [2.24, 2.45) is 5.92 Å². The molecule has 0 fully saturated rings. The summed E-state index contributed by atoms with van der Waals surface area (Å²) in [6.45, 7) is 2.17. The van der Waals surface area contributed by atoms with Gasteiger partial charge in [-0.25, -0.2) is 0 Å². The molecular formula is C41H32O2. The highest BCUT2D eigenvalue weighted by atomic mass is 16.6. The Morgan fingerprint density at radius 3 is 2.05 bits per heavy atom. The fourth-order valence-electron chi connectivity index (χ4n) is 7.34. The second-order valence-corrected chi connectivity index (χ2v) is 11.7. The molecule has 2 heteroatoms. The second kappa shape index (κ2) is 10.3. The van der Waals surface area contributed by atoms with E-state index in [0.29, 0.717) is 0 Å². The van der Waals surface area contributed by atoms with Crippen molar-refractivity contribution in [3.8, 4) is 23.0 Å². The topological polar surface area (TPSA) is 18.5 Å². The van der Waals surface area contributed by atoms with E-state index in [9.17, 15) is 0 Å². The van der Waals surface area contributed by atoms with Crippen LogP contribution in [0.4, 0.5) is 0 Å². The number of hydrogen-bond acceptors (Lipinski definition) is 2. The first-order valence-electron chi connectivity index (χ1n) is 15.1. The van der Waals surface area contributed by atoms with Crippen LogP contribution in [0.3, 0.4) is 0 Å². The average molecular weight is 557 g/mol. The monoisotopic (exact) mass is 556 g/mol. The molecule has 0 saturated carbocycles. The smallest absolute Gasteiger partial charge is 0.174 e. The maximum Gasteiger partial charge on any atom is 0.174 e. The normalized spacial score (nSPS) is 19.0. The molecule has 2 nitrogen and oxygen atoms in total. The largest absolute Gasteiger partial charge is 0.450 e. The molecule has 0 spiro atoms. The average Bonchev–Trinajstić information content (AvgIpc) is 3.39. The summed E-state index contributed by atoms with van der Waals surface area (Å²) in [5.41, 5.74) is 8.41. The summed E-state index contributed by atoms with van der Waals surface area (Å²) in [4.78, 5) is 0. The molecule has 8 rings (SSSR count). The van der Waals surface area contributed by atoms with E-state index in [2.05, 4.69) is 153 Å². The standard InChI is InChI=1S/C41H32O2/c1-28(30-13-5-2-6-14-30)21-22-29-23-25-36-38(27-29)43-40-37(42-36)26-24-35-39(40)33-19-11-12-20-34(33)41(35,31-15-7-3-8-16-31)32-17-9-4-10-18-32/h2-21,23-27,33-34H,22H2,1H3/b28-21+. The molecule has 43 heavy (non-hydrogen) atoms. The quantitative estimate of drug-likeness (QED) is 0.210. The van der Waals surface area contributed by atoms with Gasteiger partial charge in [0.15, 0.2) is 23.0 Å². The van der Waals surface area contributed by atoms with Gasteiger partial charge in [0.2, 0.25) is 0 Å². The maximum absolute atomic E-state index is 6.86. The lowest BCUT2D eigenvalue weighted by atomic mass is 9.63. The van der Waals surface area contributed by atoms with Crippen molar-refractivity contribution < 1.29 is 9.47 Å². The van der Waals surface area contributed by atoms with Crippen LogP contribution < -0.4 is 9.47 Å². The van der Waals surface area contributed by atoms with Gasteiger partial charge < -0.3 is 9.47 Å². The summed E-state index contributed by atoms with van der Waals surface area (Å²) < 4.78 is 13.4. The fraction of sp³-hybridized carbons (Fsp3) is 0.122. The first-order chi connectivity index (χ1) is 21.2. The van der Waals surface area contributed by atoms with Gasteiger partial charge in [-0.05, 0) is 64.9 Å². The molecule has 0 saturated heterocycles. The van der Waals surface area contributed by atoms with E-state index in [1.165, 1.54) is 39.0 Å². The summed E-state index contributed by atoms with van der Waals surface area (Å²) in [7, 11) is 0. The van der Waals surface area contributed by atoms with Crippen LogP contribution in [0.1, 0.15) is 46.2 Å². The van der Waals surface area contributed by atoms with Crippen LogP contribution in [0.15, 0.2) is 152 Å².